The molecule has 0 unspecified atom stereocenters. The Kier molecular flexibility index (Phi) is 4.93. The van der Waals surface area contributed by atoms with Crippen LogP contribution in [0.25, 0.3) is 0 Å². The number of carbonyl (C=O) groups is 1. The lowest BCUT2D eigenvalue weighted by atomic mass is 10.1. The summed E-state index contributed by atoms with van der Waals surface area (Å²) in [4.78, 5) is 16.7. The average Bonchev–Trinajstić information content (AvgIpc) is 2.42. The van der Waals surface area contributed by atoms with Crippen LogP contribution in [0.3, 0.4) is 0 Å². The van der Waals surface area contributed by atoms with Gasteiger partial charge in [0.15, 0.2) is 5.78 Å². The summed E-state index contributed by atoms with van der Waals surface area (Å²) in [6, 6.07) is 7.46. The number of likely N-dealkylation sites (N-methyl/N-ethyl adjacent to an activating group) is 1. The summed E-state index contributed by atoms with van der Waals surface area (Å²) in [7, 11) is 2.12. The predicted molar refractivity (Wildman–Crippen MR) is 75.9 cm³/mol. The third kappa shape index (κ3) is 4.04. The maximum absolute atomic E-state index is 12.2. The molecule has 1 saturated heterocycles. The molecule has 0 radical (unpaired) electrons. The second kappa shape index (κ2) is 6.68. The van der Waals surface area contributed by atoms with Gasteiger partial charge in [0.05, 0.1) is 13.2 Å². The molecule has 1 aliphatic heterocycles. The Morgan fingerprint density at radius 1 is 1.26 bits per heavy atom. The molecule has 4 nitrogen and oxygen atoms in total. The van der Waals surface area contributed by atoms with Crippen molar-refractivity contribution in [3.63, 3.8) is 0 Å². The number of hydrogen-bond donors (Lipinski definition) is 0. The van der Waals surface area contributed by atoms with Crippen molar-refractivity contribution in [2.24, 2.45) is 0 Å². The fourth-order valence-corrected chi connectivity index (χ4v) is 2.23. The number of carbonyl (C=O) groups excluding carboxylic acids is 1. The van der Waals surface area contributed by atoms with Gasteiger partial charge in [0.2, 0.25) is 0 Å². The minimum Gasteiger partial charge on any atom is -0.494 e. The van der Waals surface area contributed by atoms with E-state index in [4.69, 9.17) is 4.74 Å². The van der Waals surface area contributed by atoms with Gasteiger partial charge in [-0.05, 0) is 26.1 Å². The van der Waals surface area contributed by atoms with Crippen LogP contribution in [0, 0.1) is 0 Å². The third-order valence-corrected chi connectivity index (χ3v) is 3.43. The maximum Gasteiger partial charge on any atom is 0.176 e. The van der Waals surface area contributed by atoms with Crippen molar-refractivity contribution in [2.45, 2.75) is 6.92 Å². The van der Waals surface area contributed by atoms with Gasteiger partial charge in [-0.3, -0.25) is 9.69 Å². The van der Waals surface area contributed by atoms with Gasteiger partial charge in [-0.2, -0.15) is 0 Å². The summed E-state index contributed by atoms with van der Waals surface area (Å²) >= 11 is 0. The normalized spacial score (nSPS) is 17.4. The summed E-state index contributed by atoms with van der Waals surface area (Å²) < 4.78 is 5.43. The molecule has 19 heavy (non-hydrogen) atoms. The predicted octanol–water partition coefficient (Wildman–Crippen LogP) is 1.52. The number of Topliss-reactive ketones (excluding diaryl/α,β-unsaturated/α-hetero) is 1. The molecule has 1 heterocycles. The summed E-state index contributed by atoms with van der Waals surface area (Å²) in [6.07, 6.45) is 0. The second-order valence-corrected chi connectivity index (χ2v) is 4.96. The molecular formula is C15H22N2O2. The topological polar surface area (TPSA) is 32.8 Å². The molecule has 0 amide bonds. The highest BCUT2D eigenvalue weighted by Crippen LogP contribution is 2.14. The molecule has 0 spiro atoms. The standard InChI is InChI=1S/C15H22N2O2/c1-3-19-14-6-4-5-13(11-14)15(18)12-17-9-7-16(2)8-10-17/h4-6,11H,3,7-10,12H2,1-2H3. The zero-order valence-corrected chi connectivity index (χ0v) is 11.8. The van der Waals surface area contributed by atoms with Gasteiger partial charge in [0, 0.05) is 31.7 Å². The summed E-state index contributed by atoms with van der Waals surface area (Å²) in [5.41, 5.74) is 0.741. The molecule has 1 fully saturated rings. The molecule has 2 rings (SSSR count). The lowest BCUT2D eigenvalue weighted by molar-refractivity contribution is 0.0876. The van der Waals surface area contributed by atoms with Crippen molar-refractivity contribution in [1.82, 2.24) is 9.80 Å². The van der Waals surface area contributed by atoms with Crippen molar-refractivity contribution in [3.8, 4) is 5.75 Å². The number of nitrogens with zero attached hydrogens (tertiary/aromatic N) is 2. The lowest BCUT2D eigenvalue weighted by Crippen LogP contribution is -2.46. The fourth-order valence-electron chi connectivity index (χ4n) is 2.23. The molecule has 0 aromatic heterocycles. The van der Waals surface area contributed by atoms with Crippen LogP contribution in [0.15, 0.2) is 24.3 Å². The molecule has 0 saturated carbocycles. The van der Waals surface area contributed by atoms with E-state index in [0.717, 1.165) is 37.5 Å². The summed E-state index contributed by atoms with van der Waals surface area (Å²) in [6.45, 7) is 7.07. The maximum atomic E-state index is 12.2. The second-order valence-electron chi connectivity index (χ2n) is 4.96. The van der Waals surface area contributed by atoms with Crippen LogP contribution in [0.2, 0.25) is 0 Å². The molecule has 1 aromatic rings. The van der Waals surface area contributed by atoms with E-state index in [1.165, 1.54) is 0 Å². The number of piperazine rings is 1. The highest BCUT2D eigenvalue weighted by Gasteiger charge is 2.17. The first kappa shape index (κ1) is 14.0. The number of ether oxygens (including phenoxy) is 1. The van der Waals surface area contributed by atoms with Crippen molar-refractivity contribution in [2.75, 3.05) is 46.4 Å². The zero-order valence-electron chi connectivity index (χ0n) is 11.8. The SMILES string of the molecule is CCOc1cccc(C(=O)CN2CCN(C)CC2)c1. The van der Waals surface area contributed by atoms with Gasteiger partial charge in [-0.15, -0.1) is 0 Å². The van der Waals surface area contributed by atoms with Crippen LogP contribution < -0.4 is 4.74 Å². The van der Waals surface area contributed by atoms with Gasteiger partial charge in [-0.25, -0.2) is 0 Å². The molecule has 1 aliphatic rings. The van der Waals surface area contributed by atoms with Gasteiger partial charge < -0.3 is 9.64 Å². The summed E-state index contributed by atoms with van der Waals surface area (Å²) in [5, 5.41) is 0. The van der Waals surface area contributed by atoms with Crippen LogP contribution >= 0.6 is 0 Å². The highest BCUT2D eigenvalue weighted by atomic mass is 16.5. The van der Waals surface area contributed by atoms with Crippen LogP contribution in [0.1, 0.15) is 17.3 Å². The van der Waals surface area contributed by atoms with Gasteiger partial charge in [-0.1, -0.05) is 12.1 Å². The molecule has 1 aromatic carbocycles. The van der Waals surface area contributed by atoms with Crippen molar-refractivity contribution >= 4 is 5.78 Å². The van der Waals surface area contributed by atoms with Crippen LogP contribution in [0.4, 0.5) is 0 Å². The first-order valence-electron chi connectivity index (χ1n) is 6.86. The van der Waals surface area contributed by atoms with Crippen LogP contribution in [-0.2, 0) is 0 Å². The minimum absolute atomic E-state index is 0.172. The van der Waals surface area contributed by atoms with E-state index in [1.54, 1.807) is 0 Å². The van der Waals surface area contributed by atoms with Crippen molar-refractivity contribution in [3.05, 3.63) is 29.8 Å². The van der Waals surface area contributed by atoms with E-state index >= 15 is 0 Å². The monoisotopic (exact) mass is 262 g/mol. The molecule has 0 N–H and O–H groups in total. The first-order valence-corrected chi connectivity index (χ1v) is 6.86. The van der Waals surface area contributed by atoms with Gasteiger partial charge >= 0.3 is 0 Å². The molecule has 0 aliphatic carbocycles. The smallest absolute Gasteiger partial charge is 0.176 e. The Labute approximate surface area is 115 Å². The number of rotatable bonds is 5. The highest BCUT2D eigenvalue weighted by molar-refractivity contribution is 5.97. The molecule has 104 valence electrons. The molecule has 0 bridgehead atoms. The average molecular weight is 262 g/mol. The van der Waals surface area contributed by atoms with Crippen LogP contribution in [-0.4, -0.2) is 62.0 Å². The Bertz CT molecular complexity index is 426. The van der Waals surface area contributed by atoms with Gasteiger partial charge in [0.1, 0.15) is 5.75 Å². The minimum atomic E-state index is 0.172. The Hall–Kier alpha value is -1.39. The van der Waals surface area contributed by atoms with Crippen LogP contribution in [0.5, 0.6) is 5.75 Å². The molecular weight excluding hydrogens is 240 g/mol. The third-order valence-electron chi connectivity index (χ3n) is 3.43. The zero-order chi connectivity index (χ0) is 13.7. The van der Waals surface area contributed by atoms with Crippen molar-refractivity contribution in [1.29, 1.82) is 0 Å². The number of ketones is 1. The first-order chi connectivity index (χ1) is 9.19. The van der Waals surface area contributed by atoms with Crippen molar-refractivity contribution < 1.29 is 9.53 Å². The fraction of sp³-hybridized carbons (Fsp3) is 0.533. The van der Waals surface area contributed by atoms with E-state index in [9.17, 15) is 4.79 Å². The molecule has 0 atom stereocenters. The van der Waals surface area contributed by atoms with E-state index in [2.05, 4.69) is 16.8 Å². The van der Waals surface area contributed by atoms with E-state index < -0.39 is 0 Å². The largest absolute Gasteiger partial charge is 0.494 e. The Morgan fingerprint density at radius 2 is 2.00 bits per heavy atom. The quantitative estimate of drug-likeness (QED) is 0.753. The number of hydrogen-bond acceptors (Lipinski definition) is 4. The van der Waals surface area contributed by atoms with E-state index in [-0.39, 0.29) is 5.78 Å². The lowest BCUT2D eigenvalue weighted by Gasteiger charge is -2.31. The Balaban J connectivity index is 1.94. The van der Waals surface area contributed by atoms with Gasteiger partial charge in [0.25, 0.3) is 0 Å². The van der Waals surface area contributed by atoms with E-state index in [1.807, 2.05) is 31.2 Å². The Morgan fingerprint density at radius 3 is 2.68 bits per heavy atom. The molecule has 4 heteroatoms. The summed E-state index contributed by atoms with van der Waals surface area (Å²) in [5.74, 6) is 0.942. The van der Waals surface area contributed by atoms with E-state index in [0.29, 0.717) is 13.2 Å². The number of benzene rings is 1.